The number of amides is 2. The molecular formula is C16H28N2O4. The Kier molecular flexibility index (Phi) is 5.67. The van der Waals surface area contributed by atoms with Crippen molar-refractivity contribution in [2.24, 2.45) is 5.92 Å². The third kappa shape index (κ3) is 5.16. The van der Waals surface area contributed by atoms with Gasteiger partial charge in [-0.3, -0.25) is 4.79 Å². The molecule has 6 nitrogen and oxygen atoms in total. The highest BCUT2D eigenvalue weighted by Crippen LogP contribution is 2.20. The summed E-state index contributed by atoms with van der Waals surface area (Å²) in [5, 5.41) is 2.96. The maximum atomic E-state index is 12.3. The second kappa shape index (κ2) is 7.31. The Morgan fingerprint density at radius 3 is 2.68 bits per heavy atom. The first kappa shape index (κ1) is 17.1. The van der Waals surface area contributed by atoms with Gasteiger partial charge in [-0.05, 0) is 46.5 Å². The minimum Gasteiger partial charge on any atom is -0.444 e. The van der Waals surface area contributed by atoms with Gasteiger partial charge in [-0.1, -0.05) is 0 Å². The fourth-order valence-electron chi connectivity index (χ4n) is 2.85. The first-order valence-electron chi connectivity index (χ1n) is 8.22. The number of likely N-dealkylation sites (tertiary alicyclic amines) is 1. The average molecular weight is 312 g/mol. The van der Waals surface area contributed by atoms with Gasteiger partial charge in [0.15, 0.2) is 0 Å². The minimum absolute atomic E-state index is 0.0174. The van der Waals surface area contributed by atoms with Gasteiger partial charge in [0.1, 0.15) is 5.60 Å². The van der Waals surface area contributed by atoms with Crippen molar-refractivity contribution in [2.75, 3.05) is 26.2 Å². The van der Waals surface area contributed by atoms with Crippen LogP contribution in [0.2, 0.25) is 0 Å². The quantitative estimate of drug-likeness (QED) is 0.864. The normalized spacial score (nSPS) is 25.9. The Bertz CT molecular complexity index is 399. The number of carbonyl (C=O) groups is 2. The van der Waals surface area contributed by atoms with Crippen LogP contribution in [-0.4, -0.2) is 54.8 Å². The zero-order valence-corrected chi connectivity index (χ0v) is 13.9. The number of carbonyl (C=O) groups excluding carboxylic acids is 2. The monoisotopic (exact) mass is 312 g/mol. The molecule has 0 unspecified atom stereocenters. The lowest BCUT2D eigenvalue weighted by molar-refractivity contribution is -0.127. The van der Waals surface area contributed by atoms with E-state index >= 15 is 0 Å². The largest absolute Gasteiger partial charge is 0.444 e. The molecule has 22 heavy (non-hydrogen) atoms. The molecule has 2 heterocycles. The first-order chi connectivity index (χ1) is 10.3. The zero-order valence-electron chi connectivity index (χ0n) is 13.9. The summed E-state index contributed by atoms with van der Waals surface area (Å²) in [4.78, 5) is 26.0. The van der Waals surface area contributed by atoms with Crippen molar-refractivity contribution < 1.29 is 19.1 Å². The van der Waals surface area contributed by atoms with E-state index in [1.807, 2.05) is 20.8 Å². The Hall–Kier alpha value is -1.30. The van der Waals surface area contributed by atoms with Crippen LogP contribution in [0.15, 0.2) is 0 Å². The van der Waals surface area contributed by atoms with E-state index in [1.165, 1.54) is 0 Å². The third-order valence-corrected chi connectivity index (χ3v) is 3.97. The molecule has 2 rings (SSSR count). The second-order valence-electron chi connectivity index (χ2n) is 7.15. The number of ether oxygens (including phenoxy) is 2. The molecule has 2 aliphatic heterocycles. The van der Waals surface area contributed by atoms with Gasteiger partial charge in [-0.25, -0.2) is 4.79 Å². The topological polar surface area (TPSA) is 67.9 Å². The summed E-state index contributed by atoms with van der Waals surface area (Å²) in [6.07, 6.45) is 3.54. The van der Waals surface area contributed by atoms with Gasteiger partial charge in [0.2, 0.25) is 5.91 Å². The molecule has 126 valence electrons. The number of nitrogens with one attached hydrogen (secondary N) is 1. The third-order valence-electron chi connectivity index (χ3n) is 3.97. The van der Waals surface area contributed by atoms with Crippen LogP contribution in [0.1, 0.15) is 46.5 Å². The summed E-state index contributed by atoms with van der Waals surface area (Å²) in [5.74, 6) is -0.133. The number of nitrogens with zero attached hydrogens (tertiary/aromatic N) is 1. The lowest BCUT2D eigenvalue weighted by Gasteiger charge is -2.33. The molecule has 6 heteroatoms. The molecule has 0 aromatic rings. The van der Waals surface area contributed by atoms with Crippen LogP contribution in [0.25, 0.3) is 0 Å². The Morgan fingerprint density at radius 2 is 2.05 bits per heavy atom. The molecule has 2 aliphatic rings. The molecule has 0 aromatic heterocycles. The predicted molar refractivity (Wildman–Crippen MR) is 82.5 cm³/mol. The van der Waals surface area contributed by atoms with Crippen LogP contribution in [0.4, 0.5) is 4.79 Å². The lowest BCUT2D eigenvalue weighted by Crippen LogP contribution is -2.47. The molecule has 0 aromatic carbocycles. The van der Waals surface area contributed by atoms with Crippen molar-refractivity contribution in [1.82, 2.24) is 10.2 Å². The van der Waals surface area contributed by atoms with Crippen molar-refractivity contribution in [1.29, 1.82) is 0 Å². The van der Waals surface area contributed by atoms with Crippen LogP contribution in [-0.2, 0) is 14.3 Å². The summed E-state index contributed by atoms with van der Waals surface area (Å²) in [5.41, 5.74) is -0.508. The van der Waals surface area contributed by atoms with E-state index in [0.29, 0.717) is 19.6 Å². The van der Waals surface area contributed by atoms with Gasteiger partial charge >= 0.3 is 6.09 Å². The molecule has 2 amide bonds. The number of rotatable bonds is 3. The van der Waals surface area contributed by atoms with Crippen molar-refractivity contribution in [2.45, 2.75) is 58.2 Å². The van der Waals surface area contributed by atoms with Crippen LogP contribution >= 0.6 is 0 Å². The molecule has 2 atom stereocenters. The van der Waals surface area contributed by atoms with Gasteiger partial charge in [0.05, 0.1) is 12.0 Å². The van der Waals surface area contributed by atoms with Crippen LogP contribution in [0.3, 0.4) is 0 Å². The van der Waals surface area contributed by atoms with E-state index in [-0.39, 0.29) is 24.0 Å². The molecule has 0 aliphatic carbocycles. The molecule has 0 bridgehead atoms. The SMILES string of the molecule is CC(C)(C)OC(=O)N1CCC[C@@H](C(=O)NC[C@H]2CCCO2)C1. The van der Waals surface area contributed by atoms with Crippen molar-refractivity contribution >= 4 is 12.0 Å². The van der Waals surface area contributed by atoms with E-state index < -0.39 is 5.60 Å². The fraction of sp³-hybridized carbons (Fsp3) is 0.875. The van der Waals surface area contributed by atoms with Gasteiger partial charge in [0.25, 0.3) is 0 Å². The Balaban J connectivity index is 1.79. The molecule has 2 saturated heterocycles. The zero-order chi connectivity index (χ0) is 16.2. The standard InChI is InChI=1S/C16H28N2O4/c1-16(2,3)22-15(20)18-8-4-6-12(11-18)14(19)17-10-13-7-5-9-21-13/h12-13H,4-11H2,1-3H3,(H,17,19)/t12-,13-/m1/s1. The van der Waals surface area contributed by atoms with E-state index in [2.05, 4.69) is 5.32 Å². The van der Waals surface area contributed by atoms with Crippen molar-refractivity contribution in [3.05, 3.63) is 0 Å². The Labute approximate surface area is 132 Å². The molecule has 0 radical (unpaired) electrons. The maximum Gasteiger partial charge on any atom is 0.410 e. The Morgan fingerprint density at radius 1 is 1.27 bits per heavy atom. The average Bonchev–Trinajstić information content (AvgIpc) is 2.96. The fourth-order valence-corrected chi connectivity index (χ4v) is 2.85. The summed E-state index contributed by atoms with van der Waals surface area (Å²) >= 11 is 0. The second-order valence-corrected chi connectivity index (χ2v) is 7.15. The molecule has 2 fully saturated rings. The predicted octanol–water partition coefficient (Wildman–Crippen LogP) is 1.93. The first-order valence-corrected chi connectivity index (χ1v) is 8.22. The summed E-state index contributed by atoms with van der Waals surface area (Å²) in [6.45, 7) is 8.00. The van der Waals surface area contributed by atoms with Gasteiger partial charge in [-0.2, -0.15) is 0 Å². The highest BCUT2D eigenvalue weighted by atomic mass is 16.6. The summed E-state index contributed by atoms with van der Waals surface area (Å²) in [6, 6.07) is 0. The molecular weight excluding hydrogens is 284 g/mol. The van der Waals surface area contributed by atoms with Gasteiger partial charge in [0, 0.05) is 26.2 Å². The van der Waals surface area contributed by atoms with Gasteiger partial charge in [-0.15, -0.1) is 0 Å². The molecule has 1 N–H and O–H groups in total. The van der Waals surface area contributed by atoms with Gasteiger partial charge < -0.3 is 19.7 Å². The van der Waals surface area contributed by atoms with Crippen LogP contribution in [0.5, 0.6) is 0 Å². The van der Waals surface area contributed by atoms with Crippen molar-refractivity contribution in [3.63, 3.8) is 0 Å². The lowest BCUT2D eigenvalue weighted by atomic mass is 9.97. The summed E-state index contributed by atoms with van der Waals surface area (Å²) < 4.78 is 10.9. The van der Waals surface area contributed by atoms with E-state index in [1.54, 1.807) is 4.90 Å². The van der Waals surface area contributed by atoms with E-state index in [9.17, 15) is 9.59 Å². The highest BCUT2D eigenvalue weighted by Gasteiger charge is 2.31. The van der Waals surface area contributed by atoms with Crippen LogP contribution < -0.4 is 5.32 Å². The number of hydrogen-bond acceptors (Lipinski definition) is 4. The minimum atomic E-state index is -0.508. The number of hydrogen-bond donors (Lipinski definition) is 1. The van der Waals surface area contributed by atoms with Crippen LogP contribution in [0, 0.1) is 5.92 Å². The van der Waals surface area contributed by atoms with E-state index in [0.717, 1.165) is 32.3 Å². The molecule has 0 spiro atoms. The summed E-state index contributed by atoms with van der Waals surface area (Å²) in [7, 11) is 0. The highest BCUT2D eigenvalue weighted by molar-refractivity contribution is 5.80. The maximum absolute atomic E-state index is 12.3. The smallest absolute Gasteiger partial charge is 0.410 e. The molecule has 0 saturated carbocycles. The van der Waals surface area contributed by atoms with E-state index in [4.69, 9.17) is 9.47 Å². The number of piperidine rings is 1. The van der Waals surface area contributed by atoms with Crippen molar-refractivity contribution in [3.8, 4) is 0 Å².